The number of benzene rings is 3. The third kappa shape index (κ3) is 6.19. The van der Waals surface area contributed by atoms with Gasteiger partial charge < -0.3 is 19.7 Å². The number of methoxy groups -OCH3 is 1. The first-order chi connectivity index (χ1) is 15.4. The van der Waals surface area contributed by atoms with Crippen LogP contribution in [0.2, 0.25) is 10.0 Å². The molecule has 3 aromatic rings. The normalized spacial score (nSPS) is 10.8. The molecule has 0 aliphatic carbocycles. The van der Waals surface area contributed by atoms with E-state index < -0.39 is 0 Å². The van der Waals surface area contributed by atoms with E-state index in [1.165, 1.54) is 6.08 Å². The summed E-state index contributed by atoms with van der Waals surface area (Å²) in [6.07, 6.45) is 3.18. The Morgan fingerprint density at radius 1 is 1.00 bits per heavy atom. The van der Waals surface area contributed by atoms with Crippen molar-refractivity contribution in [3.05, 3.63) is 87.9 Å². The predicted molar refractivity (Wildman–Crippen MR) is 132 cm³/mol. The number of halogens is 2. The summed E-state index contributed by atoms with van der Waals surface area (Å²) in [5.41, 5.74) is 3.29. The second-order valence-electron chi connectivity index (χ2n) is 7.16. The van der Waals surface area contributed by atoms with Gasteiger partial charge in [-0.1, -0.05) is 35.3 Å². The Hall–Kier alpha value is -3.15. The first kappa shape index (κ1) is 23.5. The van der Waals surface area contributed by atoms with E-state index in [2.05, 4.69) is 5.32 Å². The van der Waals surface area contributed by atoms with E-state index in [9.17, 15) is 4.79 Å². The van der Waals surface area contributed by atoms with Gasteiger partial charge in [0.2, 0.25) is 5.91 Å². The predicted octanol–water partition coefficient (Wildman–Crippen LogP) is 6.30. The van der Waals surface area contributed by atoms with E-state index in [4.69, 9.17) is 32.7 Å². The van der Waals surface area contributed by atoms with Gasteiger partial charge in [-0.05, 0) is 60.2 Å². The molecule has 0 fully saturated rings. The van der Waals surface area contributed by atoms with Gasteiger partial charge in [-0.2, -0.15) is 0 Å². The van der Waals surface area contributed by atoms with E-state index in [0.717, 1.165) is 16.9 Å². The molecule has 0 spiro atoms. The molecule has 0 aliphatic heterocycles. The van der Waals surface area contributed by atoms with Gasteiger partial charge in [0.05, 0.1) is 7.11 Å². The molecule has 0 saturated heterocycles. The van der Waals surface area contributed by atoms with Gasteiger partial charge >= 0.3 is 0 Å². The summed E-state index contributed by atoms with van der Waals surface area (Å²) in [4.78, 5) is 14.3. The lowest BCUT2D eigenvalue weighted by molar-refractivity contribution is -0.111. The highest BCUT2D eigenvalue weighted by molar-refractivity contribution is 6.35. The van der Waals surface area contributed by atoms with E-state index in [1.54, 1.807) is 43.5 Å². The third-order valence-corrected chi connectivity index (χ3v) is 5.41. The molecule has 0 aromatic heterocycles. The van der Waals surface area contributed by atoms with Crippen molar-refractivity contribution in [2.24, 2.45) is 0 Å². The number of amides is 1. The van der Waals surface area contributed by atoms with E-state index >= 15 is 0 Å². The zero-order valence-corrected chi connectivity index (χ0v) is 19.6. The molecule has 0 bridgehead atoms. The summed E-state index contributed by atoms with van der Waals surface area (Å²) in [6, 6.07) is 18.3. The molecule has 0 atom stereocenters. The molecule has 1 amide bonds. The lowest BCUT2D eigenvalue weighted by atomic mass is 10.2. The molecule has 1 N–H and O–H groups in total. The van der Waals surface area contributed by atoms with Gasteiger partial charge in [-0.15, -0.1) is 0 Å². The Morgan fingerprint density at radius 2 is 1.69 bits per heavy atom. The minimum absolute atomic E-state index is 0.207. The smallest absolute Gasteiger partial charge is 0.248 e. The maximum Gasteiger partial charge on any atom is 0.248 e. The Kier molecular flexibility index (Phi) is 8.03. The lowest BCUT2D eigenvalue weighted by Gasteiger charge is -2.13. The summed E-state index contributed by atoms with van der Waals surface area (Å²) < 4.78 is 11.3. The van der Waals surface area contributed by atoms with Gasteiger partial charge in [-0.25, -0.2) is 0 Å². The number of hydrogen-bond acceptors (Lipinski definition) is 4. The van der Waals surface area contributed by atoms with E-state index in [0.29, 0.717) is 27.1 Å². The van der Waals surface area contributed by atoms with Crippen LogP contribution in [0.15, 0.2) is 66.7 Å². The zero-order valence-electron chi connectivity index (χ0n) is 18.1. The van der Waals surface area contributed by atoms with Crippen LogP contribution in [0.1, 0.15) is 11.1 Å². The summed E-state index contributed by atoms with van der Waals surface area (Å²) in [5, 5.41) is 3.92. The molecular formula is C25H24Cl2N2O3. The first-order valence-corrected chi connectivity index (χ1v) is 10.6. The van der Waals surface area contributed by atoms with Crippen LogP contribution >= 0.6 is 23.2 Å². The number of anilines is 2. The average Bonchev–Trinajstić information content (AvgIpc) is 2.78. The number of carbonyl (C=O) groups excluding carboxylic acids is 1. The Labute approximate surface area is 198 Å². The topological polar surface area (TPSA) is 50.8 Å². The van der Waals surface area contributed by atoms with Gasteiger partial charge in [0.25, 0.3) is 0 Å². The van der Waals surface area contributed by atoms with Crippen molar-refractivity contribution in [1.82, 2.24) is 0 Å². The average molecular weight is 471 g/mol. The molecule has 0 unspecified atom stereocenters. The van der Waals surface area contributed by atoms with Crippen molar-refractivity contribution < 1.29 is 14.3 Å². The van der Waals surface area contributed by atoms with Crippen LogP contribution in [0.5, 0.6) is 11.5 Å². The van der Waals surface area contributed by atoms with E-state index in [-0.39, 0.29) is 12.5 Å². The van der Waals surface area contributed by atoms with Gasteiger partial charge in [0, 0.05) is 47.2 Å². The highest BCUT2D eigenvalue weighted by atomic mass is 35.5. The van der Waals surface area contributed by atoms with Crippen LogP contribution in [0.3, 0.4) is 0 Å². The largest absolute Gasteiger partial charge is 0.493 e. The van der Waals surface area contributed by atoms with Crippen molar-refractivity contribution in [3.63, 3.8) is 0 Å². The third-order valence-electron chi connectivity index (χ3n) is 4.70. The highest BCUT2D eigenvalue weighted by Gasteiger charge is 2.10. The number of nitrogens with zero attached hydrogens (tertiary/aromatic N) is 1. The quantitative estimate of drug-likeness (QED) is 0.392. The fourth-order valence-corrected chi connectivity index (χ4v) is 3.43. The number of nitrogens with one attached hydrogen (secondary N) is 1. The minimum atomic E-state index is -0.227. The molecule has 3 aromatic carbocycles. The molecule has 3 rings (SSSR count). The molecule has 7 heteroatoms. The SMILES string of the molecule is COc1cc(/C=C/C(=O)Nc2ccc(N(C)C)cc2)ccc1OCc1c(Cl)cccc1Cl. The second kappa shape index (κ2) is 10.9. The Balaban J connectivity index is 1.64. The monoisotopic (exact) mass is 470 g/mol. The van der Waals surface area contributed by atoms with Crippen molar-refractivity contribution in [2.45, 2.75) is 6.61 Å². The molecule has 32 heavy (non-hydrogen) atoms. The van der Waals surface area contributed by atoms with Crippen molar-refractivity contribution in [1.29, 1.82) is 0 Å². The fraction of sp³-hybridized carbons (Fsp3) is 0.160. The maximum atomic E-state index is 12.3. The molecular weight excluding hydrogens is 447 g/mol. The van der Waals surface area contributed by atoms with Gasteiger partial charge in [0.1, 0.15) is 6.61 Å². The zero-order chi connectivity index (χ0) is 23.1. The number of carbonyl (C=O) groups is 1. The lowest BCUT2D eigenvalue weighted by Crippen LogP contribution is -2.10. The minimum Gasteiger partial charge on any atom is -0.493 e. The first-order valence-electron chi connectivity index (χ1n) is 9.87. The van der Waals surface area contributed by atoms with Crippen LogP contribution in [0.4, 0.5) is 11.4 Å². The summed E-state index contributed by atoms with van der Waals surface area (Å²) in [6.45, 7) is 0.207. The van der Waals surface area contributed by atoms with Crippen LogP contribution in [-0.2, 0) is 11.4 Å². The van der Waals surface area contributed by atoms with Crippen molar-refractivity contribution in [3.8, 4) is 11.5 Å². The molecule has 166 valence electrons. The molecule has 0 saturated carbocycles. The van der Waals surface area contributed by atoms with E-state index in [1.807, 2.05) is 49.3 Å². The van der Waals surface area contributed by atoms with Gasteiger partial charge in [0.15, 0.2) is 11.5 Å². The molecule has 0 radical (unpaired) electrons. The van der Waals surface area contributed by atoms with Crippen LogP contribution in [0, 0.1) is 0 Å². The van der Waals surface area contributed by atoms with Gasteiger partial charge in [-0.3, -0.25) is 4.79 Å². The second-order valence-corrected chi connectivity index (χ2v) is 7.98. The molecule has 0 aliphatic rings. The number of ether oxygens (including phenoxy) is 2. The molecule has 0 heterocycles. The summed E-state index contributed by atoms with van der Waals surface area (Å²) >= 11 is 12.4. The molecule has 5 nitrogen and oxygen atoms in total. The fourth-order valence-electron chi connectivity index (χ4n) is 2.93. The Morgan fingerprint density at radius 3 is 2.31 bits per heavy atom. The maximum absolute atomic E-state index is 12.3. The summed E-state index contributed by atoms with van der Waals surface area (Å²) in [5.74, 6) is 0.858. The van der Waals surface area contributed by atoms with Crippen LogP contribution in [-0.4, -0.2) is 27.1 Å². The van der Waals surface area contributed by atoms with Crippen LogP contribution in [0.25, 0.3) is 6.08 Å². The van der Waals surface area contributed by atoms with Crippen molar-refractivity contribution in [2.75, 3.05) is 31.4 Å². The summed E-state index contributed by atoms with van der Waals surface area (Å²) in [7, 11) is 5.49. The van der Waals surface area contributed by atoms with Crippen LogP contribution < -0.4 is 19.7 Å². The number of rotatable bonds is 8. The highest BCUT2D eigenvalue weighted by Crippen LogP contribution is 2.31. The number of hydrogen-bond donors (Lipinski definition) is 1. The standard InChI is InChI=1S/C25H24Cl2N2O3/c1-29(2)19-11-9-18(10-12-19)28-25(30)14-8-17-7-13-23(24(15-17)31-3)32-16-20-21(26)5-4-6-22(20)27/h4-15H,16H2,1-3H3,(H,28,30)/b14-8+. The van der Waals surface area contributed by atoms with Crippen molar-refractivity contribution >= 4 is 46.6 Å². The Bertz CT molecular complexity index is 1090.